The molecule has 0 spiro atoms. The van der Waals surface area contributed by atoms with Gasteiger partial charge in [0.05, 0.1) is 5.69 Å². The molecule has 0 saturated carbocycles. The predicted molar refractivity (Wildman–Crippen MR) is 93.5 cm³/mol. The number of aromatic nitrogens is 2. The zero-order chi connectivity index (χ0) is 16.2. The lowest BCUT2D eigenvalue weighted by atomic mass is 9.80. The minimum absolute atomic E-state index is 0.918. The molecule has 0 aliphatic carbocycles. The molecule has 0 atom stereocenters. The highest BCUT2D eigenvalue weighted by molar-refractivity contribution is 5.24. The molecule has 0 unspecified atom stereocenters. The van der Waals surface area contributed by atoms with Crippen LogP contribution < -0.4 is 0 Å². The second kappa shape index (κ2) is 7.80. The Bertz CT molecular complexity index is 497. The van der Waals surface area contributed by atoms with Crippen LogP contribution in [0.25, 0.3) is 0 Å². The van der Waals surface area contributed by atoms with E-state index in [0.717, 1.165) is 44.6 Å². The summed E-state index contributed by atoms with van der Waals surface area (Å²) in [5.74, 6) is 1.85. The molecule has 4 nitrogen and oxygen atoms in total. The van der Waals surface area contributed by atoms with Crippen molar-refractivity contribution >= 4 is 0 Å². The van der Waals surface area contributed by atoms with Crippen molar-refractivity contribution in [2.45, 2.75) is 66.0 Å². The second-order valence-electron chi connectivity index (χ2n) is 7.44. The highest BCUT2D eigenvalue weighted by Crippen LogP contribution is 2.32. The van der Waals surface area contributed by atoms with Crippen molar-refractivity contribution < 1.29 is 4.74 Å². The van der Waals surface area contributed by atoms with Crippen LogP contribution in [0.15, 0.2) is 0 Å². The Hall–Kier alpha value is -0.870. The molecule has 3 rings (SSSR count). The summed E-state index contributed by atoms with van der Waals surface area (Å²) in [5.41, 5.74) is 4.06. The number of nitrogens with zero attached hydrogens (tertiary/aromatic N) is 3. The van der Waals surface area contributed by atoms with Crippen LogP contribution in [0.1, 0.15) is 56.0 Å². The summed E-state index contributed by atoms with van der Waals surface area (Å²) >= 11 is 0. The van der Waals surface area contributed by atoms with E-state index in [-0.39, 0.29) is 0 Å². The first kappa shape index (κ1) is 17.0. The van der Waals surface area contributed by atoms with E-state index < -0.39 is 0 Å². The fraction of sp³-hybridized carbons (Fsp3) is 0.842. The second-order valence-corrected chi connectivity index (χ2v) is 7.44. The number of aryl methyl sites for hydroxylation is 2. The van der Waals surface area contributed by atoms with E-state index in [1.807, 2.05) is 0 Å². The van der Waals surface area contributed by atoms with Crippen LogP contribution in [-0.4, -0.2) is 41.0 Å². The van der Waals surface area contributed by atoms with Crippen LogP contribution in [0.5, 0.6) is 0 Å². The van der Waals surface area contributed by atoms with Crippen molar-refractivity contribution in [2.24, 2.45) is 11.8 Å². The molecule has 23 heavy (non-hydrogen) atoms. The van der Waals surface area contributed by atoms with E-state index in [0.29, 0.717) is 0 Å². The van der Waals surface area contributed by atoms with Gasteiger partial charge in [-0.15, -0.1) is 0 Å². The minimum Gasteiger partial charge on any atom is -0.381 e. The van der Waals surface area contributed by atoms with Gasteiger partial charge in [-0.05, 0) is 70.9 Å². The summed E-state index contributed by atoms with van der Waals surface area (Å²) < 4.78 is 7.71. The van der Waals surface area contributed by atoms with Gasteiger partial charge in [0.15, 0.2) is 0 Å². The monoisotopic (exact) mass is 319 g/mol. The molecule has 4 heteroatoms. The summed E-state index contributed by atoms with van der Waals surface area (Å²) in [4.78, 5) is 2.64. The van der Waals surface area contributed by atoms with Crippen molar-refractivity contribution in [3.8, 4) is 0 Å². The molecule has 3 heterocycles. The summed E-state index contributed by atoms with van der Waals surface area (Å²) in [6.07, 6.45) is 6.45. The molecule has 0 amide bonds. The van der Waals surface area contributed by atoms with Crippen molar-refractivity contribution in [1.82, 2.24) is 14.7 Å². The molecule has 0 aromatic carbocycles. The summed E-state index contributed by atoms with van der Waals surface area (Å²) in [6, 6.07) is 0. The maximum atomic E-state index is 5.52. The van der Waals surface area contributed by atoms with Gasteiger partial charge in [-0.3, -0.25) is 9.58 Å². The van der Waals surface area contributed by atoms with E-state index in [2.05, 4.69) is 30.4 Å². The lowest BCUT2D eigenvalue weighted by molar-refractivity contribution is 0.0295. The van der Waals surface area contributed by atoms with Gasteiger partial charge in [0.25, 0.3) is 0 Å². The first-order valence-electron chi connectivity index (χ1n) is 9.52. The first-order valence-corrected chi connectivity index (χ1v) is 9.52. The van der Waals surface area contributed by atoms with E-state index in [9.17, 15) is 0 Å². The number of hydrogen-bond donors (Lipinski definition) is 0. The van der Waals surface area contributed by atoms with Gasteiger partial charge in [0, 0.05) is 37.6 Å². The fourth-order valence-corrected chi connectivity index (χ4v) is 4.39. The van der Waals surface area contributed by atoms with E-state index in [4.69, 9.17) is 9.84 Å². The van der Waals surface area contributed by atoms with Gasteiger partial charge in [0.2, 0.25) is 0 Å². The number of ether oxygens (including phenoxy) is 1. The average molecular weight is 319 g/mol. The molecular weight excluding hydrogens is 286 g/mol. The van der Waals surface area contributed by atoms with Crippen LogP contribution in [0.2, 0.25) is 0 Å². The lowest BCUT2D eigenvalue weighted by Crippen LogP contribution is -2.37. The van der Waals surface area contributed by atoms with Gasteiger partial charge in [-0.2, -0.15) is 5.10 Å². The third-order valence-electron chi connectivity index (χ3n) is 5.91. The number of hydrogen-bond acceptors (Lipinski definition) is 3. The summed E-state index contributed by atoms with van der Waals surface area (Å²) in [6.45, 7) is 13.2. The van der Waals surface area contributed by atoms with Crippen molar-refractivity contribution in [1.29, 1.82) is 0 Å². The number of piperidine rings is 1. The van der Waals surface area contributed by atoms with Crippen LogP contribution in [0, 0.1) is 25.7 Å². The Kier molecular flexibility index (Phi) is 5.76. The van der Waals surface area contributed by atoms with Crippen LogP contribution >= 0.6 is 0 Å². The average Bonchev–Trinajstić information content (AvgIpc) is 2.84. The van der Waals surface area contributed by atoms with Gasteiger partial charge in [-0.1, -0.05) is 6.92 Å². The summed E-state index contributed by atoms with van der Waals surface area (Å²) in [5, 5.41) is 4.73. The third-order valence-corrected chi connectivity index (χ3v) is 5.91. The van der Waals surface area contributed by atoms with Crippen molar-refractivity contribution in [3.63, 3.8) is 0 Å². The van der Waals surface area contributed by atoms with Crippen LogP contribution in [0.3, 0.4) is 0 Å². The SMILES string of the molecule is CCCn1nc(C)c(CN2CCC(C3CCOCC3)CC2)c1C. The molecule has 2 fully saturated rings. The predicted octanol–water partition coefficient (Wildman–Crippen LogP) is 3.55. The largest absolute Gasteiger partial charge is 0.381 e. The third kappa shape index (κ3) is 3.97. The van der Waals surface area contributed by atoms with Crippen LogP contribution in [0.4, 0.5) is 0 Å². The van der Waals surface area contributed by atoms with Gasteiger partial charge >= 0.3 is 0 Å². The van der Waals surface area contributed by atoms with Gasteiger partial charge in [0.1, 0.15) is 0 Å². The maximum absolute atomic E-state index is 5.52. The Labute approximate surface area is 141 Å². The number of likely N-dealkylation sites (tertiary alicyclic amines) is 1. The molecule has 1 aromatic heterocycles. The zero-order valence-corrected chi connectivity index (χ0v) is 15.2. The Balaban J connectivity index is 1.54. The standard InChI is InChI=1S/C19H33N3O/c1-4-9-22-16(3)19(15(2)20-22)14-21-10-5-17(6-11-21)18-7-12-23-13-8-18/h17-18H,4-14H2,1-3H3. The molecule has 1 aromatic rings. The van der Waals surface area contributed by atoms with Crippen molar-refractivity contribution in [2.75, 3.05) is 26.3 Å². The normalized spacial score (nSPS) is 21.9. The van der Waals surface area contributed by atoms with E-state index >= 15 is 0 Å². The highest BCUT2D eigenvalue weighted by atomic mass is 16.5. The first-order chi connectivity index (χ1) is 11.2. The highest BCUT2D eigenvalue weighted by Gasteiger charge is 2.28. The minimum atomic E-state index is 0.918. The molecule has 0 bridgehead atoms. The van der Waals surface area contributed by atoms with Crippen LogP contribution in [-0.2, 0) is 17.8 Å². The molecule has 0 radical (unpaired) electrons. The molecule has 2 saturated heterocycles. The summed E-state index contributed by atoms with van der Waals surface area (Å²) in [7, 11) is 0. The molecule has 130 valence electrons. The van der Waals surface area contributed by atoms with E-state index in [1.165, 1.54) is 55.7 Å². The zero-order valence-electron chi connectivity index (χ0n) is 15.2. The fourth-order valence-electron chi connectivity index (χ4n) is 4.39. The Morgan fingerprint density at radius 2 is 1.70 bits per heavy atom. The smallest absolute Gasteiger partial charge is 0.0641 e. The molecular formula is C19H33N3O. The van der Waals surface area contributed by atoms with Crippen molar-refractivity contribution in [3.05, 3.63) is 17.0 Å². The van der Waals surface area contributed by atoms with E-state index in [1.54, 1.807) is 0 Å². The molecule has 0 N–H and O–H groups in total. The maximum Gasteiger partial charge on any atom is 0.0641 e. The molecule has 2 aliphatic rings. The lowest BCUT2D eigenvalue weighted by Gasteiger charge is -2.37. The Morgan fingerprint density at radius 1 is 1.04 bits per heavy atom. The quantitative estimate of drug-likeness (QED) is 0.831. The topological polar surface area (TPSA) is 30.3 Å². The molecule has 2 aliphatic heterocycles. The van der Waals surface area contributed by atoms with Gasteiger partial charge < -0.3 is 4.74 Å². The van der Waals surface area contributed by atoms with Gasteiger partial charge in [-0.25, -0.2) is 0 Å². The number of rotatable bonds is 5. The Morgan fingerprint density at radius 3 is 2.35 bits per heavy atom.